The summed E-state index contributed by atoms with van der Waals surface area (Å²) in [4.78, 5) is 26.8. The molecule has 1 aliphatic heterocycles. The first-order valence-electron chi connectivity index (χ1n) is 9.83. The molecule has 1 aromatic heterocycles. The molecule has 0 spiro atoms. The second-order valence-corrected chi connectivity index (χ2v) is 7.97. The van der Waals surface area contributed by atoms with Crippen LogP contribution in [0.4, 0.5) is 0 Å². The number of benzene rings is 2. The molecule has 0 saturated carbocycles. The fourth-order valence-corrected chi connectivity index (χ4v) is 3.74. The zero-order valence-electron chi connectivity index (χ0n) is 17.0. The van der Waals surface area contributed by atoms with Crippen molar-refractivity contribution < 1.29 is 9.59 Å². The number of carbonyl (C=O) groups excluding carboxylic acids is 2. The Morgan fingerprint density at radius 1 is 1.09 bits per heavy atom. The van der Waals surface area contributed by atoms with Gasteiger partial charge in [0.05, 0.1) is 12.2 Å². The number of nitrogens with one attached hydrogen (secondary N) is 1. The summed E-state index contributed by atoms with van der Waals surface area (Å²) in [7, 11) is 0. The Balaban J connectivity index is 1.76. The standard InChI is InChI=1S/C24H19ClN4O2S/c1-2-12-29-23(31)20(22(30)26-24(29)32)13-18-15-28(14-16-8-10-19(25)11-9-16)27-21(18)17-6-4-3-5-7-17/h2-11,13,15H,1,12,14H2,(H,26,30,32)/b20-13+. The summed E-state index contributed by atoms with van der Waals surface area (Å²) in [6, 6.07) is 17.1. The lowest BCUT2D eigenvalue weighted by Crippen LogP contribution is -2.53. The Bertz CT molecular complexity index is 1230. The van der Waals surface area contributed by atoms with Crippen LogP contribution in [-0.4, -0.2) is 38.2 Å². The monoisotopic (exact) mass is 462 g/mol. The molecule has 0 bridgehead atoms. The summed E-state index contributed by atoms with van der Waals surface area (Å²) in [5.41, 5.74) is 3.19. The van der Waals surface area contributed by atoms with Crippen LogP contribution in [-0.2, 0) is 16.1 Å². The van der Waals surface area contributed by atoms with Crippen LogP contribution in [0, 0.1) is 0 Å². The summed E-state index contributed by atoms with van der Waals surface area (Å²) in [6.07, 6.45) is 4.93. The maximum absolute atomic E-state index is 12.9. The molecule has 2 aromatic carbocycles. The molecule has 0 radical (unpaired) electrons. The average molecular weight is 463 g/mol. The second-order valence-electron chi connectivity index (χ2n) is 7.14. The van der Waals surface area contributed by atoms with Crippen molar-refractivity contribution in [2.24, 2.45) is 0 Å². The fraction of sp³-hybridized carbons (Fsp3) is 0.0833. The van der Waals surface area contributed by atoms with E-state index in [0.29, 0.717) is 22.8 Å². The SMILES string of the molecule is C=CCN1C(=O)/C(=C/c2cn(Cc3ccc(Cl)cc3)nc2-c2ccccc2)C(=O)NC1=S. The zero-order chi connectivity index (χ0) is 22.7. The predicted molar refractivity (Wildman–Crippen MR) is 129 cm³/mol. The van der Waals surface area contributed by atoms with Gasteiger partial charge in [-0.1, -0.05) is 60.1 Å². The van der Waals surface area contributed by atoms with Crippen LogP contribution < -0.4 is 5.32 Å². The largest absolute Gasteiger partial charge is 0.298 e. The van der Waals surface area contributed by atoms with Crippen molar-refractivity contribution in [3.8, 4) is 11.3 Å². The van der Waals surface area contributed by atoms with E-state index in [1.54, 1.807) is 16.8 Å². The van der Waals surface area contributed by atoms with Crippen molar-refractivity contribution in [1.29, 1.82) is 0 Å². The molecule has 1 N–H and O–H groups in total. The van der Waals surface area contributed by atoms with Crippen LogP contribution in [0.3, 0.4) is 0 Å². The lowest BCUT2D eigenvalue weighted by Gasteiger charge is -2.27. The van der Waals surface area contributed by atoms with E-state index in [1.807, 2.05) is 60.8 Å². The number of halogens is 1. The molecule has 0 aliphatic carbocycles. The molecule has 3 aromatic rings. The van der Waals surface area contributed by atoms with E-state index in [-0.39, 0.29) is 17.2 Å². The minimum Gasteiger partial charge on any atom is -0.298 e. The Labute approximate surface area is 195 Å². The van der Waals surface area contributed by atoms with Gasteiger partial charge >= 0.3 is 0 Å². The van der Waals surface area contributed by atoms with Gasteiger partial charge in [-0.05, 0) is 36.0 Å². The third kappa shape index (κ3) is 4.54. The van der Waals surface area contributed by atoms with Crippen molar-refractivity contribution in [3.63, 3.8) is 0 Å². The van der Waals surface area contributed by atoms with E-state index < -0.39 is 11.8 Å². The van der Waals surface area contributed by atoms with Gasteiger partial charge in [-0.2, -0.15) is 5.10 Å². The number of aromatic nitrogens is 2. The highest BCUT2D eigenvalue weighted by Crippen LogP contribution is 2.26. The lowest BCUT2D eigenvalue weighted by molar-refractivity contribution is -0.128. The Hall–Kier alpha value is -3.55. The molecule has 1 aliphatic rings. The van der Waals surface area contributed by atoms with Gasteiger partial charge in [-0.3, -0.25) is 24.5 Å². The summed E-state index contributed by atoms with van der Waals surface area (Å²) in [5, 5.41) is 8.02. The Morgan fingerprint density at radius 2 is 1.81 bits per heavy atom. The van der Waals surface area contributed by atoms with Gasteiger partial charge < -0.3 is 0 Å². The minimum atomic E-state index is -0.537. The maximum atomic E-state index is 12.9. The highest BCUT2D eigenvalue weighted by molar-refractivity contribution is 7.80. The molecule has 2 heterocycles. The first-order valence-corrected chi connectivity index (χ1v) is 10.6. The van der Waals surface area contributed by atoms with Crippen LogP contribution in [0.2, 0.25) is 5.02 Å². The number of hydrogen-bond acceptors (Lipinski definition) is 4. The van der Waals surface area contributed by atoms with E-state index in [9.17, 15) is 9.59 Å². The second kappa shape index (κ2) is 9.30. The Morgan fingerprint density at radius 3 is 2.50 bits per heavy atom. The number of hydrogen-bond donors (Lipinski definition) is 1. The number of carbonyl (C=O) groups is 2. The van der Waals surface area contributed by atoms with Crippen molar-refractivity contribution >= 4 is 46.8 Å². The highest BCUT2D eigenvalue weighted by atomic mass is 35.5. The molecular formula is C24H19ClN4O2S. The van der Waals surface area contributed by atoms with E-state index in [0.717, 1.165) is 11.1 Å². The third-order valence-electron chi connectivity index (χ3n) is 4.89. The fourth-order valence-electron chi connectivity index (χ4n) is 3.37. The van der Waals surface area contributed by atoms with E-state index in [1.165, 1.54) is 4.90 Å². The smallest absolute Gasteiger partial charge is 0.265 e. The summed E-state index contributed by atoms with van der Waals surface area (Å²) in [5.74, 6) is -1.01. The van der Waals surface area contributed by atoms with Crippen molar-refractivity contribution in [1.82, 2.24) is 20.0 Å². The predicted octanol–water partition coefficient (Wildman–Crippen LogP) is 4.06. The lowest BCUT2D eigenvalue weighted by atomic mass is 10.0. The Kier molecular flexibility index (Phi) is 6.30. The number of thiocarbonyl (C=S) groups is 1. The average Bonchev–Trinajstić information content (AvgIpc) is 3.18. The number of rotatable bonds is 6. The van der Waals surface area contributed by atoms with Crippen LogP contribution in [0.25, 0.3) is 17.3 Å². The third-order valence-corrected chi connectivity index (χ3v) is 5.47. The van der Waals surface area contributed by atoms with Crippen LogP contribution in [0.5, 0.6) is 0 Å². The summed E-state index contributed by atoms with van der Waals surface area (Å²) >= 11 is 11.1. The van der Waals surface area contributed by atoms with E-state index in [2.05, 4.69) is 11.9 Å². The van der Waals surface area contributed by atoms with E-state index >= 15 is 0 Å². The molecule has 2 amide bonds. The normalized spacial score (nSPS) is 15.2. The van der Waals surface area contributed by atoms with E-state index in [4.69, 9.17) is 28.9 Å². The van der Waals surface area contributed by atoms with Crippen LogP contribution in [0.15, 0.2) is 79.0 Å². The van der Waals surface area contributed by atoms with Gasteiger partial charge in [0.1, 0.15) is 5.57 Å². The van der Waals surface area contributed by atoms with Crippen molar-refractivity contribution in [2.75, 3.05) is 6.54 Å². The maximum Gasteiger partial charge on any atom is 0.265 e. The molecular weight excluding hydrogens is 444 g/mol. The molecule has 8 heteroatoms. The molecule has 160 valence electrons. The summed E-state index contributed by atoms with van der Waals surface area (Å²) in [6.45, 7) is 4.36. The van der Waals surface area contributed by atoms with Crippen LogP contribution in [0.1, 0.15) is 11.1 Å². The first-order chi connectivity index (χ1) is 15.5. The molecule has 32 heavy (non-hydrogen) atoms. The highest BCUT2D eigenvalue weighted by Gasteiger charge is 2.33. The van der Waals surface area contributed by atoms with Gasteiger partial charge in [0, 0.05) is 28.9 Å². The molecule has 4 rings (SSSR count). The van der Waals surface area contributed by atoms with Gasteiger partial charge in [0.2, 0.25) is 0 Å². The van der Waals surface area contributed by atoms with Gasteiger partial charge in [0.25, 0.3) is 11.8 Å². The molecule has 1 saturated heterocycles. The number of nitrogens with zero attached hydrogens (tertiary/aromatic N) is 3. The van der Waals surface area contributed by atoms with Gasteiger partial charge in [0.15, 0.2) is 5.11 Å². The van der Waals surface area contributed by atoms with Gasteiger partial charge in [-0.15, -0.1) is 6.58 Å². The summed E-state index contributed by atoms with van der Waals surface area (Å²) < 4.78 is 1.77. The van der Waals surface area contributed by atoms with Crippen molar-refractivity contribution in [3.05, 3.63) is 95.2 Å². The minimum absolute atomic E-state index is 0.0105. The number of amides is 2. The zero-order valence-corrected chi connectivity index (χ0v) is 18.6. The quantitative estimate of drug-likeness (QED) is 0.259. The van der Waals surface area contributed by atoms with Crippen LogP contribution >= 0.6 is 23.8 Å². The molecule has 1 fully saturated rings. The van der Waals surface area contributed by atoms with Crippen molar-refractivity contribution in [2.45, 2.75) is 6.54 Å². The topological polar surface area (TPSA) is 67.2 Å². The molecule has 0 atom stereocenters. The van der Waals surface area contributed by atoms with Gasteiger partial charge in [-0.25, -0.2) is 0 Å². The molecule has 6 nitrogen and oxygen atoms in total. The first kappa shape index (κ1) is 21.7. The molecule has 0 unspecified atom stereocenters.